The first-order valence-electron chi connectivity index (χ1n) is 10.5. The predicted molar refractivity (Wildman–Crippen MR) is 119 cm³/mol. The molecule has 0 bridgehead atoms. The molecule has 1 atom stereocenters. The van der Waals surface area contributed by atoms with Crippen molar-refractivity contribution in [2.75, 3.05) is 30.0 Å². The maximum absolute atomic E-state index is 13.2. The summed E-state index contributed by atoms with van der Waals surface area (Å²) in [5, 5.41) is 0. The highest BCUT2D eigenvalue weighted by Crippen LogP contribution is 2.42. The third kappa shape index (κ3) is 3.03. The van der Waals surface area contributed by atoms with Crippen molar-refractivity contribution in [3.05, 3.63) is 65.7 Å². The normalized spacial score (nSPS) is 19.8. The number of amides is 1. The highest BCUT2D eigenvalue weighted by molar-refractivity contribution is 6.09. The summed E-state index contributed by atoms with van der Waals surface area (Å²) in [6, 6.07) is 14.3. The fourth-order valence-corrected chi connectivity index (χ4v) is 4.72. The Morgan fingerprint density at radius 2 is 1.77 bits per heavy atom. The standard InChI is InChI=1S/C24H26N4O2/c1-16-22(17-6-8-18(9-7-17)27-12-4-3-5-13-27)28(24(29)23(16)30-2)19-10-11-20-21(14-19)26-15-25-20/h6-11,14-15,22H,3-5,12-13H2,1-2H3,(H,25,26). The van der Waals surface area contributed by atoms with Gasteiger partial charge in [0.1, 0.15) is 0 Å². The summed E-state index contributed by atoms with van der Waals surface area (Å²) in [6.07, 6.45) is 5.49. The summed E-state index contributed by atoms with van der Waals surface area (Å²) in [6.45, 7) is 4.21. The van der Waals surface area contributed by atoms with Gasteiger partial charge in [0, 0.05) is 30.0 Å². The van der Waals surface area contributed by atoms with Gasteiger partial charge in [0.2, 0.25) is 0 Å². The van der Waals surface area contributed by atoms with Crippen LogP contribution >= 0.6 is 0 Å². The Labute approximate surface area is 176 Å². The number of H-pyrrole nitrogens is 1. The number of aromatic amines is 1. The van der Waals surface area contributed by atoms with Crippen LogP contribution in [0.15, 0.2) is 60.1 Å². The van der Waals surface area contributed by atoms with Crippen LogP contribution in [0.4, 0.5) is 11.4 Å². The lowest BCUT2D eigenvalue weighted by Crippen LogP contribution is -2.31. The van der Waals surface area contributed by atoms with Crippen molar-refractivity contribution < 1.29 is 9.53 Å². The summed E-state index contributed by atoms with van der Waals surface area (Å²) in [5.74, 6) is 0.309. The molecule has 154 valence electrons. The van der Waals surface area contributed by atoms with E-state index in [1.165, 1.54) is 24.9 Å². The molecule has 1 fully saturated rings. The minimum Gasteiger partial charge on any atom is -0.491 e. The smallest absolute Gasteiger partial charge is 0.294 e. The molecule has 0 saturated carbocycles. The molecule has 3 aromatic rings. The van der Waals surface area contributed by atoms with Crippen molar-refractivity contribution >= 4 is 28.3 Å². The average Bonchev–Trinajstić information content (AvgIpc) is 3.35. The van der Waals surface area contributed by atoms with Gasteiger partial charge in [0.15, 0.2) is 5.76 Å². The first-order chi connectivity index (χ1) is 14.7. The number of hydrogen-bond donors (Lipinski definition) is 1. The lowest BCUT2D eigenvalue weighted by molar-refractivity contribution is -0.117. The molecule has 1 N–H and O–H groups in total. The molecule has 0 radical (unpaired) electrons. The number of piperidine rings is 1. The number of aromatic nitrogens is 2. The summed E-state index contributed by atoms with van der Waals surface area (Å²) in [7, 11) is 1.56. The topological polar surface area (TPSA) is 61.5 Å². The SMILES string of the molecule is COC1=C(C)C(c2ccc(N3CCCCC3)cc2)N(c2ccc3nc[nH]c3c2)C1=O. The molecular weight excluding hydrogens is 376 g/mol. The number of nitrogens with zero attached hydrogens (tertiary/aromatic N) is 3. The molecule has 0 aliphatic carbocycles. The number of fused-ring (bicyclic) bond motifs is 1. The third-order valence-corrected chi connectivity index (χ3v) is 6.26. The molecule has 1 amide bonds. The number of carbonyl (C=O) groups is 1. The van der Waals surface area contributed by atoms with Gasteiger partial charge in [0.25, 0.3) is 5.91 Å². The van der Waals surface area contributed by atoms with Gasteiger partial charge in [-0.25, -0.2) is 4.98 Å². The van der Waals surface area contributed by atoms with E-state index in [9.17, 15) is 4.79 Å². The van der Waals surface area contributed by atoms with E-state index >= 15 is 0 Å². The van der Waals surface area contributed by atoms with Gasteiger partial charge in [-0.3, -0.25) is 9.69 Å². The van der Waals surface area contributed by atoms with E-state index in [1.807, 2.05) is 30.0 Å². The average molecular weight is 402 g/mol. The first kappa shape index (κ1) is 18.7. The van der Waals surface area contributed by atoms with Crippen molar-refractivity contribution in [1.29, 1.82) is 0 Å². The second kappa shape index (κ2) is 7.52. The number of anilines is 2. The lowest BCUT2D eigenvalue weighted by Gasteiger charge is -2.30. The molecule has 3 heterocycles. The number of imidazole rings is 1. The molecule has 5 rings (SSSR count). The minimum absolute atomic E-state index is 0.112. The Morgan fingerprint density at radius 1 is 1.03 bits per heavy atom. The quantitative estimate of drug-likeness (QED) is 0.695. The van der Waals surface area contributed by atoms with E-state index in [-0.39, 0.29) is 11.9 Å². The van der Waals surface area contributed by atoms with Gasteiger partial charge in [-0.15, -0.1) is 0 Å². The number of benzene rings is 2. The van der Waals surface area contributed by atoms with Crippen LogP contribution in [0.5, 0.6) is 0 Å². The Morgan fingerprint density at radius 3 is 2.50 bits per heavy atom. The fourth-order valence-electron chi connectivity index (χ4n) is 4.72. The zero-order chi connectivity index (χ0) is 20.7. The fraction of sp³-hybridized carbons (Fsp3) is 0.333. The maximum Gasteiger partial charge on any atom is 0.294 e. The zero-order valence-corrected chi connectivity index (χ0v) is 17.4. The highest BCUT2D eigenvalue weighted by Gasteiger charge is 2.40. The molecule has 30 heavy (non-hydrogen) atoms. The van der Waals surface area contributed by atoms with Gasteiger partial charge >= 0.3 is 0 Å². The molecule has 1 aromatic heterocycles. The van der Waals surface area contributed by atoms with Crippen molar-refractivity contribution in [2.24, 2.45) is 0 Å². The van der Waals surface area contributed by atoms with Gasteiger partial charge in [0.05, 0.1) is 30.5 Å². The van der Waals surface area contributed by atoms with Crippen LogP contribution < -0.4 is 9.80 Å². The van der Waals surface area contributed by atoms with Gasteiger partial charge in [-0.1, -0.05) is 12.1 Å². The van der Waals surface area contributed by atoms with Crippen molar-refractivity contribution in [2.45, 2.75) is 32.2 Å². The van der Waals surface area contributed by atoms with Crippen LogP contribution in [0.25, 0.3) is 11.0 Å². The van der Waals surface area contributed by atoms with Crippen LogP contribution in [-0.2, 0) is 9.53 Å². The van der Waals surface area contributed by atoms with E-state index in [0.717, 1.165) is 40.9 Å². The molecular formula is C24H26N4O2. The second-order valence-corrected chi connectivity index (χ2v) is 8.04. The predicted octanol–water partition coefficient (Wildman–Crippen LogP) is 4.56. The van der Waals surface area contributed by atoms with Crippen LogP contribution in [0.2, 0.25) is 0 Å². The largest absolute Gasteiger partial charge is 0.491 e. The van der Waals surface area contributed by atoms with Gasteiger partial charge < -0.3 is 14.6 Å². The molecule has 1 unspecified atom stereocenters. The van der Waals surface area contributed by atoms with Gasteiger partial charge in [-0.2, -0.15) is 0 Å². The number of nitrogens with one attached hydrogen (secondary N) is 1. The summed E-state index contributed by atoms with van der Waals surface area (Å²) in [5.41, 5.74) is 5.87. The Hall–Kier alpha value is -3.28. The highest BCUT2D eigenvalue weighted by atomic mass is 16.5. The monoisotopic (exact) mass is 402 g/mol. The number of rotatable bonds is 4. The molecule has 2 aromatic carbocycles. The van der Waals surface area contributed by atoms with E-state index < -0.39 is 0 Å². The Bertz CT molecular complexity index is 1110. The van der Waals surface area contributed by atoms with Crippen LogP contribution in [0.3, 0.4) is 0 Å². The van der Waals surface area contributed by atoms with E-state index in [1.54, 1.807) is 13.4 Å². The second-order valence-electron chi connectivity index (χ2n) is 8.04. The first-order valence-corrected chi connectivity index (χ1v) is 10.5. The Balaban J connectivity index is 1.52. The summed E-state index contributed by atoms with van der Waals surface area (Å²) < 4.78 is 5.49. The number of hydrogen-bond acceptors (Lipinski definition) is 4. The zero-order valence-electron chi connectivity index (χ0n) is 17.4. The Kier molecular flexibility index (Phi) is 4.69. The number of ether oxygens (including phenoxy) is 1. The van der Waals surface area contributed by atoms with E-state index in [4.69, 9.17) is 4.74 Å². The molecule has 0 spiro atoms. The van der Waals surface area contributed by atoms with E-state index in [2.05, 4.69) is 39.1 Å². The number of methoxy groups -OCH3 is 1. The minimum atomic E-state index is -0.191. The molecule has 6 heteroatoms. The number of carbonyl (C=O) groups excluding carboxylic acids is 1. The third-order valence-electron chi connectivity index (χ3n) is 6.26. The van der Waals surface area contributed by atoms with Crippen molar-refractivity contribution in [1.82, 2.24) is 9.97 Å². The molecule has 2 aliphatic heterocycles. The molecule has 2 aliphatic rings. The summed E-state index contributed by atoms with van der Waals surface area (Å²) in [4.78, 5) is 24.9. The van der Waals surface area contributed by atoms with Crippen molar-refractivity contribution in [3.8, 4) is 0 Å². The molecule has 1 saturated heterocycles. The van der Waals surface area contributed by atoms with E-state index in [0.29, 0.717) is 5.76 Å². The molecule has 6 nitrogen and oxygen atoms in total. The van der Waals surface area contributed by atoms with Crippen molar-refractivity contribution in [3.63, 3.8) is 0 Å². The van der Waals surface area contributed by atoms with Crippen LogP contribution in [0.1, 0.15) is 37.8 Å². The summed E-state index contributed by atoms with van der Waals surface area (Å²) >= 11 is 0. The van der Waals surface area contributed by atoms with Gasteiger partial charge in [-0.05, 0) is 62.1 Å². The van der Waals surface area contributed by atoms with Crippen LogP contribution in [-0.4, -0.2) is 36.1 Å². The van der Waals surface area contributed by atoms with Crippen LogP contribution in [0, 0.1) is 0 Å². The maximum atomic E-state index is 13.2. The lowest BCUT2D eigenvalue weighted by atomic mass is 9.99.